The van der Waals surface area contributed by atoms with Crippen molar-refractivity contribution < 1.29 is 9.59 Å². The molecule has 19 heavy (non-hydrogen) atoms. The number of hydrazine groups is 2. The summed E-state index contributed by atoms with van der Waals surface area (Å²) in [6.07, 6.45) is 0. The highest BCUT2D eigenvalue weighted by molar-refractivity contribution is 8.04. The summed E-state index contributed by atoms with van der Waals surface area (Å²) in [4.78, 5) is 22.5. The molecule has 0 aromatic carbocycles. The second-order valence-electron chi connectivity index (χ2n) is 3.37. The van der Waals surface area contributed by atoms with Crippen molar-refractivity contribution in [2.75, 3.05) is 0 Å². The van der Waals surface area contributed by atoms with Crippen LogP contribution >= 0.6 is 34.9 Å². The number of aromatic nitrogens is 2. The van der Waals surface area contributed by atoms with Crippen LogP contribution in [0.2, 0.25) is 0 Å². The van der Waals surface area contributed by atoms with Crippen LogP contribution < -0.4 is 22.5 Å². The topological polar surface area (TPSA) is 136 Å². The maximum Gasteiger partial charge on any atom is 0.247 e. The molecule has 2 amide bonds. The summed E-state index contributed by atoms with van der Waals surface area (Å²) in [6.45, 7) is 3.43. The van der Waals surface area contributed by atoms with Gasteiger partial charge in [-0.3, -0.25) is 20.4 Å². The maximum atomic E-state index is 11.3. The first-order valence-electron chi connectivity index (χ1n) is 5.15. The van der Waals surface area contributed by atoms with E-state index in [1.807, 2.05) is 0 Å². The van der Waals surface area contributed by atoms with Crippen LogP contribution in [0.4, 0.5) is 0 Å². The first-order chi connectivity index (χ1) is 8.97. The first-order valence-corrected chi connectivity index (χ1v) is 7.73. The number of nitrogens with two attached hydrogens (primary N) is 2. The molecule has 1 aromatic heterocycles. The minimum atomic E-state index is -0.361. The monoisotopic (exact) mass is 322 g/mol. The highest BCUT2D eigenvalue weighted by atomic mass is 32.2. The van der Waals surface area contributed by atoms with Crippen LogP contribution in [0, 0.1) is 0 Å². The standard InChI is InChI=1S/C8H14N6O2S3/c1-3(5(15)11-9)17-7-13-14-8(19-7)18-4(2)6(16)12-10/h3-4H,9-10H2,1-2H3,(H,11,15)(H,12,16). The number of nitrogens with zero attached hydrogens (tertiary/aromatic N) is 2. The van der Waals surface area contributed by atoms with Gasteiger partial charge in [0.1, 0.15) is 0 Å². The van der Waals surface area contributed by atoms with Gasteiger partial charge < -0.3 is 0 Å². The van der Waals surface area contributed by atoms with E-state index in [-0.39, 0.29) is 22.3 Å². The van der Waals surface area contributed by atoms with E-state index in [1.54, 1.807) is 13.8 Å². The Hall–Kier alpha value is -0.880. The number of carbonyl (C=O) groups is 2. The first kappa shape index (κ1) is 16.2. The Bertz CT molecular complexity index is 415. The van der Waals surface area contributed by atoms with Gasteiger partial charge in [-0.1, -0.05) is 34.9 Å². The van der Waals surface area contributed by atoms with Crippen molar-refractivity contribution in [1.29, 1.82) is 0 Å². The summed E-state index contributed by atoms with van der Waals surface area (Å²) in [5, 5.41) is 7.15. The van der Waals surface area contributed by atoms with Gasteiger partial charge in [0, 0.05) is 0 Å². The molecule has 0 saturated heterocycles. The highest BCUT2D eigenvalue weighted by Crippen LogP contribution is 2.32. The molecule has 1 rings (SSSR count). The van der Waals surface area contributed by atoms with Gasteiger partial charge in [-0.25, -0.2) is 11.7 Å². The summed E-state index contributed by atoms with van der Waals surface area (Å²) in [7, 11) is 0. The van der Waals surface area contributed by atoms with Crippen LogP contribution in [0.1, 0.15) is 13.8 Å². The Morgan fingerprint density at radius 3 is 1.74 bits per heavy atom. The molecule has 0 bridgehead atoms. The molecule has 2 atom stereocenters. The fourth-order valence-corrected chi connectivity index (χ4v) is 4.26. The third-order valence-corrected chi connectivity index (χ3v) is 5.26. The third-order valence-electron chi connectivity index (χ3n) is 1.97. The fourth-order valence-electron chi connectivity index (χ4n) is 0.937. The average Bonchev–Trinajstić information content (AvgIpc) is 2.83. The van der Waals surface area contributed by atoms with Crippen molar-refractivity contribution in [2.24, 2.45) is 11.7 Å². The van der Waals surface area contributed by atoms with E-state index in [9.17, 15) is 9.59 Å². The molecular formula is C8H14N6O2S3. The normalized spacial score (nSPS) is 13.7. The average molecular weight is 322 g/mol. The van der Waals surface area contributed by atoms with E-state index in [0.29, 0.717) is 8.68 Å². The molecule has 2 unspecified atom stereocenters. The third kappa shape index (κ3) is 4.95. The van der Waals surface area contributed by atoms with Crippen LogP contribution in [0.5, 0.6) is 0 Å². The van der Waals surface area contributed by atoms with Gasteiger partial charge in [-0.15, -0.1) is 10.2 Å². The van der Waals surface area contributed by atoms with E-state index in [4.69, 9.17) is 11.7 Å². The predicted molar refractivity (Wildman–Crippen MR) is 75.2 cm³/mol. The molecule has 0 radical (unpaired) electrons. The lowest BCUT2D eigenvalue weighted by molar-refractivity contribution is -0.121. The minimum Gasteiger partial charge on any atom is -0.293 e. The lowest BCUT2D eigenvalue weighted by Crippen LogP contribution is -2.36. The summed E-state index contributed by atoms with van der Waals surface area (Å²) >= 11 is 3.81. The number of nitrogens with one attached hydrogen (secondary N) is 2. The van der Waals surface area contributed by atoms with Crippen molar-refractivity contribution in [3.63, 3.8) is 0 Å². The fraction of sp³-hybridized carbons (Fsp3) is 0.500. The number of thioether (sulfide) groups is 2. The van der Waals surface area contributed by atoms with Gasteiger partial charge in [0.25, 0.3) is 0 Å². The van der Waals surface area contributed by atoms with E-state index >= 15 is 0 Å². The van der Waals surface area contributed by atoms with Crippen LogP contribution in [-0.2, 0) is 9.59 Å². The Balaban J connectivity index is 2.57. The molecule has 0 aliphatic rings. The van der Waals surface area contributed by atoms with Gasteiger partial charge in [-0.05, 0) is 13.8 Å². The lowest BCUT2D eigenvalue weighted by atomic mass is 10.5. The number of amides is 2. The largest absolute Gasteiger partial charge is 0.293 e. The van der Waals surface area contributed by atoms with E-state index in [0.717, 1.165) is 0 Å². The molecule has 11 heteroatoms. The van der Waals surface area contributed by atoms with Crippen LogP contribution in [0.25, 0.3) is 0 Å². The van der Waals surface area contributed by atoms with Gasteiger partial charge in [0.2, 0.25) is 11.8 Å². The summed E-state index contributed by atoms with van der Waals surface area (Å²) < 4.78 is 1.28. The molecule has 106 valence electrons. The second kappa shape index (κ2) is 7.65. The Morgan fingerprint density at radius 2 is 1.42 bits per heavy atom. The molecule has 0 spiro atoms. The van der Waals surface area contributed by atoms with E-state index < -0.39 is 0 Å². The molecule has 1 heterocycles. The van der Waals surface area contributed by atoms with Crippen LogP contribution in [-0.4, -0.2) is 32.5 Å². The summed E-state index contributed by atoms with van der Waals surface area (Å²) in [5.74, 6) is 9.51. The van der Waals surface area contributed by atoms with Crippen molar-refractivity contribution in [3.8, 4) is 0 Å². The minimum absolute atomic E-state index is 0.287. The SMILES string of the molecule is CC(Sc1nnc(SC(C)C(=O)NN)s1)C(=O)NN. The highest BCUT2D eigenvalue weighted by Gasteiger charge is 2.19. The zero-order valence-electron chi connectivity index (χ0n) is 10.2. The van der Waals surface area contributed by atoms with Crippen molar-refractivity contribution in [3.05, 3.63) is 0 Å². The van der Waals surface area contributed by atoms with E-state index in [1.165, 1.54) is 34.9 Å². The Kier molecular flexibility index (Phi) is 6.51. The zero-order chi connectivity index (χ0) is 14.4. The molecule has 0 fully saturated rings. The van der Waals surface area contributed by atoms with Crippen molar-refractivity contribution in [2.45, 2.75) is 33.0 Å². The summed E-state index contributed by atoms with van der Waals surface area (Å²) in [5.41, 5.74) is 4.14. The Labute approximate surface area is 122 Å². The van der Waals surface area contributed by atoms with Gasteiger partial charge in [-0.2, -0.15) is 0 Å². The number of hydrogen-bond donors (Lipinski definition) is 4. The smallest absolute Gasteiger partial charge is 0.247 e. The molecule has 0 aliphatic carbocycles. The molecule has 8 nitrogen and oxygen atoms in total. The Morgan fingerprint density at radius 1 is 1.05 bits per heavy atom. The molecule has 0 saturated carbocycles. The predicted octanol–water partition coefficient (Wildman–Crippen LogP) is -0.521. The lowest BCUT2D eigenvalue weighted by Gasteiger charge is -2.06. The van der Waals surface area contributed by atoms with Crippen LogP contribution in [0.15, 0.2) is 8.68 Å². The zero-order valence-corrected chi connectivity index (χ0v) is 12.7. The summed E-state index contributed by atoms with van der Waals surface area (Å²) in [6, 6.07) is 0. The van der Waals surface area contributed by atoms with Gasteiger partial charge in [0.15, 0.2) is 8.68 Å². The quantitative estimate of drug-likeness (QED) is 0.238. The van der Waals surface area contributed by atoms with E-state index in [2.05, 4.69) is 21.0 Å². The van der Waals surface area contributed by atoms with Crippen LogP contribution in [0.3, 0.4) is 0 Å². The maximum absolute atomic E-state index is 11.3. The van der Waals surface area contributed by atoms with Crippen molar-refractivity contribution in [1.82, 2.24) is 21.0 Å². The number of carbonyl (C=O) groups excluding carboxylic acids is 2. The second-order valence-corrected chi connectivity index (χ2v) is 7.52. The number of hydrogen-bond acceptors (Lipinski definition) is 9. The molecular weight excluding hydrogens is 308 g/mol. The molecule has 0 aliphatic heterocycles. The van der Waals surface area contributed by atoms with Gasteiger partial charge >= 0.3 is 0 Å². The molecule has 6 N–H and O–H groups in total. The number of rotatable bonds is 6. The molecule has 1 aromatic rings. The van der Waals surface area contributed by atoms with Gasteiger partial charge in [0.05, 0.1) is 10.5 Å². The van der Waals surface area contributed by atoms with Crippen molar-refractivity contribution >= 4 is 46.7 Å².